The van der Waals surface area contributed by atoms with Crippen molar-refractivity contribution in [3.63, 3.8) is 0 Å². The van der Waals surface area contributed by atoms with Gasteiger partial charge in [0.25, 0.3) is 0 Å². The smallest absolute Gasteiger partial charge is 0.411 e. The van der Waals surface area contributed by atoms with Gasteiger partial charge in [-0.25, -0.2) is 13.2 Å². The minimum absolute atomic E-state index is 0. The van der Waals surface area contributed by atoms with Crippen LogP contribution in [0.2, 0.25) is 0 Å². The quantitative estimate of drug-likeness (QED) is 0.614. The number of aromatic nitrogens is 1. The number of hydrogen-bond acceptors (Lipinski definition) is 5. The lowest BCUT2D eigenvalue weighted by molar-refractivity contribution is 0.0175. The van der Waals surface area contributed by atoms with Crippen LogP contribution in [0.1, 0.15) is 45.1 Å². The summed E-state index contributed by atoms with van der Waals surface area (Å²) in [6.07, 6.45) is 1.41. The second-order valence-electron chi connectivity index (χ2n) is 9.10. The summed E-state index contributed by atoms with van der Waals surface area (Å²) in [5.74, 6) is 0.725. The first-order valence-electron chi connectivity index (χ1n) is 10.5. The SMILES string of the molecule is COc1ccc(C2c3[nH]c4ccc(S(C)(=O)=O)cc4c3CCN2C(=O)OC(C)(C)C)cc1.[HH]. The topological polar surface area (TPSA) is 88.7 Å². The number of carbonyl (C=O) groups excluding carboxylic acids is 1. The van der Waals surface area contributed by atoms with Gasteiger partial charge in [0, 0.05) is 30.8 Å². The predicted octanol–water partition coefficient (Wildman–Crippen LogP) is 4.71. The maximum atomic E-state index is 13.1. The van der Waals surface area contributed by atoms with Crippen molar-refractivity contribution in [3.05, 3.63) is 59.3 Å². The molecule has 1 aliphatic rings. The van der Waals surface area contributed by atoms with Gasteiger partial charge in [-0.2, -0.15) is 0 Å². The lowest BCUT2D eigenvalue weighted by atomic mass is 9.92. The number of nitrogens with zero attached hydrogens (tertiary/aromatic N) is 1. The number of sulfone groups is 1. The van der Waals surface area contributed by atoms with E-state index in [-0.39, 0.29) is 12.4 Å². The molecule has 1 aliphatic heterocycles. The first-order chi connectivity index (χ1) is 15.0. The molecular formula is C24H30N2O5S. The number of amides is 1. The van der Waals surface area contributed by atoms with Crippen LogP contribution in [-0.2, 0) is 21.0 Å². The molecule has 32 heavy (non-hydrogen) atoms. The molecule has 1 N–H and O–H groups in total. The molecule has 0 saturated heterocycles. The Balaban J connectivity index is 0.00000306. The number of fused-ring (bicyclic) bond motifs is 3. The van der Waals surface area contributed by atoms with Gasteiger partial charge in [-0.15, -0.1) is 0 Å². The number of H-pyrrole nitrogens is 1. The molecule has 2 heterocycles. The number of ether oxygens (including phenoxy) is 2. The first-order valence-corrected chi connectivity index (χ1v) is 12.4. The lowest BCUT2D eigenvalue weighted by Gasteiger charge is -2.37. The summed E-state index contributed by atoms with van der Waals surface area (Å²) in [6.45, 7) is 5.99. The Morgan fingerprint density at radius 3 is 2.44 bits per heavy atom. The zero-order valence-electron chi connectivity index (χ0n) is 18.9. The van der Waals surface area contributed by atoms with Crippen molar-refractivity contribution >= 4 is 26.8 Å². The van der Waals surface area contributed by atoms with Gasteiger partial charge in [0.2, 0.25) is 0 Å². The fourth-order valence-corrected chi connectivity index (χ4v) is 4.80. The monoisotopic (exact) mass is 458 g/mol. The third-order valence-electron chi connectivity index (χ3n) is 5.59. The van der Waals surface area contributed by atoms with Gasteiger partial charge in [-0.3, -0.25) is 4.90 Å². The van der Waals surface area contributed by atoms with Crippen molar-refractivity contribution in [3.8, 4) is 5.75 Å². The van der Waals surface area contributed by atoms with E-state index in [0.29, 0.717) is 13.0 Å². The number of carbonyl (C=O) groups is 1. The normalized spacial score (nSPS) is 16.7. The summed E-state index contributed by atoms with van der Waals surface area (Å²) < 4.78 is 35.2. The van der Waals surface area contributed by atoms with Crippen molar-refractivity contribution in [2.24, 2.45) is 0 Å². The molecule has 0 fully saturated rings. The third kappa shape index (κ3) is 4.19. The van der Waals surface area contributed by atoms with Crippen molar-refractivity contribution in [2.75, 3.05) is 19.9 Å². The molecule has 1 atom stereocenters. The van der Waals surface area contributed by atoms with Crippen LogP contribution in [-0.4, -0.2) is 49.9 Å². The van der Waals surface area contributed by atoms with Gasteiger partial charge >= 0.3 is 6.09 Å². The number of aromatic amines is 1. The summed E-state index contributed by atoms with van der Waals surface area (Å²) in [5.41, 5.74) is 3.02. The van der Waals surface area contributed by atoms with Crippen LogP contribution in [0.15, 0.2) is 47.4 Å². The van der Waals surface area contributed by atoms with Crippen molar-refractivity contribution < 1.29 is 24.1 Å². The van der Waals surface area contributed by atoms with Crippen LogP contribution in [0.4, 0.5) is 4.79 Å². The molecule has 4 rings (SSSR count). The Kier molecular flexibility index (Phi) is 5.45. The van der Waals surface area contributed by atoms with Gasteiger partial charge in [-0.1, -0.05) is 12.1 Å². The van der Waals surface area contributed by atoms with E-state index in [1.807, 2.05) is 45.0 Å². The van der Waals surface area contributed by atoms with E-state index in [1.165, 1.54) is 6.26 Å². The van der Waals surface area contributed by atoms with E-state index in [9.17, 15) is 13.2 Å². The maximum Gasteiger partial charge on any atom is 0.411 e. The van der Waals surface area contributed by atoms with E-state index >= 15 is 0 Å². The van der Waals surface area contributed by atoms with E-state index in [2.05, 4.69) is 4.98 Å². The van der Waals surface area contributed by atoms with Gasteiger partial charge in [0.1, 0.15) is 17.4 Å². The molecule has 1 unspecified atom stereocenters. The summed E-state index contributed by atoms with van der Waals surface area (Å²) >= 11 is 0. The molecular weight excluding hydrogens is 428 g/mol. The lowest BCUT2D eigenvalue weighted by Crippen LogP contribution is -2.43. The highest BCUT2D eigenvalue weighted by atomic mass is 32.2. The summed E-state index contributed by atoms with van der Waals surface area (Å²) in [6, 6.07) is 12.3. The second kappa shape index (κ2) is 7.85. The molecule has 0 bridgehead atoms. The number of rotatable bonds is 3. The largest absolute Gasteiger partial charge is 0.497 e. The average molecular weight is 459 g/mol. The van der Waals surface area contributed by atoms with Crippen molar-refractivity contribution in [1.82, 2.24) is 9.88 Å². The van der Waals surface area contributed by atoms with Crippen LogP contribution in [0.5, 0.6) is 5.75 Å². The Hall–Kier alpha value is -3.00. The van der Waals surface area contributed by atoms with Gasteiger partial charge < -0.3 is 14.5 Å². The molecule has 0 saturated carbocycles. The standard InChI is InChI=1S/C24H28N2O5S.H2/c1-24(2,3)31-23(27)26-13-12-18-19-14-17(32(5,28)29)10-11-20(19)25-21(18)22(26)15-6-8-16(30-4)9-7-15;/h6-11,14,22,25H,12-13H2,1-5H3;1H. The summed E-state index contributed by atoms with van der Waals surface area (Å²) in [4.78, 5) is 18.6. The molecule has 1 aromatic heterocycles. The minimum atomic E-state index is -3.33. The number of benzene rings is 2. The third-order valence-corrected chi connectivity index (χ3v) is 6.70. The van der Waals surface area contributed by atoms with Gasteiger partial charge in [0.05, 0.1) is 12.0 Å². The van der Waals surface area contributed by atoms with Crippen molar-refractivity contribution in [1.29, 1.82) is 0 Å². The number of methoxy groups -OCH3 is 1. The summed E-state index contributed by atoms with van der Waals surface area (Å²) in [7, 11) is -1.72. The Bertz CT molecular complexity index is 1280. The molecule has 2 aromatic carbocycles. The van der Waals surface area contributed by atoms with E-state index in [0.717, 1.165) is 33.5 Å². The van der Waals surface area contributed by atoms with Gasteiger partial charge in [0.15, 0.2) is 9.84 Å². The molecule has 7 nitrogen and oxygen atoms in total. The van der Waals surface area contributed by atoms with Crippen LogP contribution in [0.3, 0.4) is 0 Å². The first kappa shape index (κ1) is 22.2. The minimum Gasteiger partial charge on any atom is -0.497 e. The zero-order chi connectivity index (χ0) is 23.3. The number of nitrogens with one attached hydrogen (secondary N) is 1. The molecule has 1 amide bonds. The molecule has 0 radical (unpaired) electrons. The van der Waals surface area contributed by atoms with Crippen LogP contribution in [0, 0.1) is 0 Å². The van der Waals surface area contributed by atoms with Crippen molar-refractivity contribution in [2.45, 2.75) is 43.7 Å². The van der Waals surface area contributed by atoms with Gasteiger partial charge in [-0.05, 0) is 68.7 Å². The van der Waals surface area contributed by atoms with E-state index in [1.54, 1.807) is 30.2 Å². The number of hydrogen-bond donors (Lipinski definition) is 1. The zero-order valence-corrected chi connectivity index (χ0v) is 19.7. The second-order valence-corrected chi connectivity index (χ2v) is 11.1. The van der Waals surface area contributed by atoms with Crippen LogP contribution < -0.4 is 4.74 Å². The fraction of sp³-hybridized carbons (Fsp3) is 0.375. The van der Waals surface area contributed by atoms with Crippen LogP contribution >= 0.6 is 0 Å². The van der Waals surface area contributed by atoms with Crippen LogP contribution in [0.25, 0.3) is 10.9 Å². The molecule has 172 valence electrons. The molecule has 0 aliphatic carbocycles. The maximum absolute atomic E-state index is 13.1. The Morgan fingerprint density at radius 2 is 1.84 bits per heavy atom. The highest BCUT2D eigenvalue weighted by molar-refractivity contribution is 7.90. The highest BCUT2D eigenvalue weighted by Crippen LogP contribution is 2.40. The highest BCUT2D eigenvalue weighted by Gasteiger charge is 2.37. The Labute approximate surface area is 189 Å². The molecule has 8 heteroatoms. The predicted molar refractivity (Wildman–Crippen MR) is 125 cm³/mol. The van der Waals surface area contributed by atoms with E-state index in [4.69, 9.17) is 9.47 Å². The van der Waals surface area contributed by atoms with E-state index < -0.39 is 21.5 Å². The average Bonchev–Trinajstić information content (AvgIpc) is 3.09. The Morgan fingerprint density at radius 1 is 1.16 bits per heavy atom. The molecule has 3 aromatic rings. The fourth-order valence-electron chi connectivity index (χ4n) is 4.15. The summed E-state index contributed by atoms with van der Waals surface area (Å²) in [5, 5.41) is 0.866. The molecule has 0 spiro atoms.